The molecule has 0 radical (unpaired) electrons. The topological polar surface area (TPSA) is 102 Å². The summed E-state index contributed by atoms with van der Waals surface area (Å²) in [7, 11) is -1.41. The number of hydrogen-bond acceptors (Lipinski definition) is 6. The molecule has 112 valence electrons. The van der Waals surface area contributed by atoms with Crippen LogP contribution in [0.15, 0.2) is 10.3 Å². The molecule has 0 aliphatic rings. The third kappa shape index (κ3) is 3.35. The summed E-state index contributed by atoms with van der Waals surface area (Å²) in [6, 6.07) is -0.949. The molecule has 1 heterocycles. The first kappa shape index (κ1) is 16.6. The van der Waals surface area contributed by atoms with Crippen LogP contribution in [0.5, 0.6) is 0 Å². The first-order valence-electron chi connectivity index (χ1n) is 5.65. The Bertz CT molecular complexity index is 621. The van der Waals surface area contributed by atoms with Crippen molar-refractivity contribution in [1.82, 2.24) is 10.0 Å². The van der Waals surface area contributed by atoms with Crippen molar-refractivity contribution in [2.45, 2.75) is 24.8 Å². The number of amides is 1. The highest BCUT2D eigenvalue weighted by Gasteiger charge is 2.29. The van der Waals surface area contributed by atoms with Crippen molar-refractivity contribution < 1.29 is 22.7 Å². The molecule has 0 aromatic carbocycles. The van der Waals surface area contributed by atoms with Gasteiger partial charge in [0.1, 0.15) is 9.77 Å². The molecule has 1 unspecified atom stereocenters. The zero-order chi connectivity index (χ0) is 15.5. The Balaban J connectivity index is 3.19. The number of nitrogens with one attached hydrogen (secondary N) is 2. The van der Waals surface area contributed by atoms with Gasteiger partial charge in [-0.1, -0.05) is 0 Å². The van der Waals surface area contributed by atoms with Crippen LogP contribution in [0.2, 0.25) is 0 Å². The maximum absolute atomic E-state index is 12.3. The van der Waals surface area contributed by atoms with Crippen molar-refractivity contribution in [3.63, 3.8) is 0 Å². The Kier molecular flexibility index (Phi) is 5.26. The Morgan fingerprint density at radius 2 is 2.00 bits per heavy atom. The molecule has 7 nitrogen and oxygen atoms in total. The molecular weight excluding hydrogens is 304 g/mol. The summed E-state index contributed by atoms with van der Waals surface area (Å²) in [6.45, 7) is 2.98. The summed E-state index contributed by atoms with van der Waals surface area (Å²) in [5, 5.41) is 3.89. The minimum atomic E-state index is -3.99. The van der Waals surface area contributed by atoms with E-state index in [0.29, 0.717) is 5.56 Å². The van der Waals surface area contributed by atoms with E-state index in [1.807, 2.05) is 0 Å². The van der Waals surface area contributed by atoms with Crippen LogP contribution in [0.1, 0.15) is 22.2 Å². The van der Waals surface area contributed by atoms with Crippen LogP contribution >= 0.6 is 11.3 Å². The molecule has 1 atom stereocenters. The third-order valence-corrected chi connectivity index (χ3v) is 5.46. The molecule has 0 spiro atoms. The van der Waals surface area contributed by atoms with Crippen LogP contribution in [-0.2, 0) is 19.6 Å². The number of rotatable bonds is 5. The highest BCUT2D eigenvalue weighted by atomic mass is 32.2. The van der Waals surface area contributed by atoms with Gasteiger partial charge in [-0.05, 0) is 24.8 Å². The number of sulfonamides is 1. The number of carbonyl (C=O) groups excluding carboxylic acids is 2. The molecule has 0 aliphatic heterocycles. The smallest absolute Gasteiger partial charge is 0.349 e. The second kappa shape index (κ2) is 6.33. The number of esters is 1. The van der Waals surface area contributed by atoms with E-state index in [1.54, 1.807) is 12.3 Å². The van der Waals surface area contributed by atoms with Crippen LogP contribution in [-0.4, -0.2) is 40.5 Å². The first-order valence-corrected chi connectivity index (χ1v) is 8.01. The molecule has 0 saturated heterocycles. The number of hydrogen-bond donors (Lipinski definition) is 2. The molecule has 9 heteroatoms. The summed E-state index contributed by atoms with van der Waals surface area (Å²) in [4.78, 5) is 22.8. The van der Waals surface area contributed by atoms with E-state index in [4.69, 9.17) is 0 Å². The van der Waals surface area contributed by atoms with Gasteiger partial charge >= 0.3 is 5.97 Å². The van der Waals surface area contributed by atoms with Crippen molar-refractivity contribution in [3.8, 4) is 0 Å². The highest BCUT2D eigenvalue weighted by molar-refractivity contribution is 7.89. The molecule has 0 bridgehead atoms. The number of thiophene rings is 1. The van der Waals surface area contributed by atoms with Crippen LogP contribution < -0.4 is 10.0 Å². The molecule has 1 amide bonds. The van der Waals surface area contributed by atoms with Gasteiger partial charge in [0.15, 0.2) is 0 Å². The van der Waals surface area contributed by atoms with Crippen LogP contribution in [0, 0.1) is 6.92 Å². The second-order valence-corrected chi connectivity index (χ2v) is 6.56. The summed E-state index contributed by atoms with van der Waals surface area (Å²) in [6.07, 6.45) is 0. The molecule has 0 saturated carbocycles. The molecule has 0 aliphatic carbocycles. The van der Waals surface area contributed by atoms with Crippen LogP contribution in [0.4, 0.5) is 0 Å². The van der Waals surface area contributed by atoms with Gasteiger partial charge in [0, 0.05) is 7.05 Å². The van der Waals surface area contributed by atoms with E-state index in [0.717, 1.165) is 11.3 Å². The zero-order valence-corrected chi connectivity index (χ0v) is 13.1. The van der Waals surface area contributed by atoms with E-state index in [2.05, 4.69) is 14.8 Å². The molecule has 0 fully saturated rings. The van der Waals surface area contributed by atoms with Gasteiger partial charge in [-0.2, -0.15) is 4.72 Å². The number of aryl methyl sites for hydroxylation is 1. The summed E-state index contributed by atoms with van der Waals surface area (Å²) in [5.41, 5.74) is 0.423. The van der Waals surface area contributed by atoms with Gasteiger partial charge in [0.2, 0.25) is 15.9 Å². The van der Waals surface area contributed by atoms with Gasteiger partial charge in [0.05, 0.1) is 13.2 Å². The van der Waals surface area contributed by atoms with Gasteiger partial charge in [0.25, 0.3) is 0 Å². The number of carbonyl (C=O) groups is 2. The van der Waals surface area contributed by atoms with Crippen molar-refractivity contribution in [3.05, 3.63) is 15.8 Å². The van der Waals surface area contributed by atoms with Gasteiger partial charge < -0.3 is 10.1 Å². The van der Waals surface area contributed by atoms with Crippen molar-refractivity contribution in [2.24, 2.45) is 0 Å². The number of methoxy groups -OCH3 is 1. The Hall–Kier alpha value is -1.45. The maximum atomic E-state index is 12.3. The summed E-state index contributed by atoms with van der Waals surface area (Å²) in [5.74, 6) is -1.20. The van der Waals surface area contributed by atoms with Gasteiger partial charge in [-0.25, -0.2) is 13.2 Å². The molecule has 1 rings (SSSR count). The Labute approximate surface area is 121 Å². The average Bonchev–Trinajstić information content (AvgIpc) is 2.78. The van der Waals surface area contributed by atoms with E-state index in [9.17, 15) is 18.0 Å². The van der Waals surface area contributed by atoms with Crippen LogP contribution in [0.3, 0.4) is 0 Å². The molecule has 20 heavy (non-hydrogen) atoms. The molecular formula is C11H16N2O5S2. The normalized spacial score (nSPS) is 12.8. The van der Waals surface area contributed by atoms with E-state index in [-0.39, 0.29) is 9.77 Å². The van der Waals surface area contributed by atoms with Crippen molar-refractivity contribution in [2.75, 3.05) is 14.2 Å². The Morgan fingerprint density at radius 1 is 1.40 bits per heavy atom. The lowest BCUT2D eigenvalue weighted by Crippen LogP contribution is -2.43. The fourth-order valence-electron chi connectivity index (χ4n) is 1.56. The maximum Gasteiger partial charge on any atom is 0.349 e. The van der Waals surface area contributed by atoms with E-state index < -0.39 is 27.9 Å². The summed E-state index contributed by atoms with van der Waals surface area (Å²) >= 11 is 0.983. The van der Waals surface area contributed by atoms with Crippen molar-refractivity contribution >= 4 is 33.2 Å². The average molecular weight is 320 g/mol. The van der Waals surface area contributed by atoms with E-state index >= 15 is 0 Å². The zero-order valence-electron chi connectivity index (χ0n) is 11.5. The quantitative estimate of drug-likeness (QED) is 0.758. The fraction of sp³-hybridized carbons (Fsp3) is 0.455. The van der Waals surface area contributed by atoms with Crippen molar-refractivity contribution in [1.29, 1.82) is 0 Å². The number of ether oxygens (including phenoxy) is 1. The lowest BCUT2D eigenvalue weighted by Gasteiger charge is -2.13. The number of likely N-dealkylation sites (N-methyl/N-ethyl adjacent to an activating group) is 1. The second-order valence-electron chi connectivity index (χ2n) is 4.03. The predicted molar refractivity (Wildman–Crippen MR) is 74.2 cm³/mol. The monoisotopic (exact) mass is 320 g/mol. The summed E-state index contributed by atoms with van der Waals surface area (Å²) < 4.78 is 31.4. The SMILES string of the molecule is CNC(=O)C(C)NS(=O)(=O)c1c(C)csc1C(=O)OC. The molecule has 2 N–H and O–H groups in total. The molecule has 1 aromatic heterocycles. The van der Waals surface area contributed by atoms with Gasteiger partial charge in [-0.3, -0.25) is 4.79 Å². The van der Waals surface area contributed by atoms with E-state index in [1.165, 1.54) is 21.1 Å². The minimum Gasteiger partial charge on any atom is -0.465 e. The largest absolute Gasteiger partial charge is 0.465 e. The predicted octanol–water partition coefficient (Wildman–Crippen LogP) is 0.256. The van der Waals surface area contributed by atoms with Gasteiger partial charge in [-0.15, -0.1) is 11.3 Å². The minimum absolute atomic E-state index is 0.0124. The lowest BCUT2D eigenvalue weighted by atomic mass is 10.3. The van der Waals surface area contributed by atoms with Crippen LogP contribution in [0.25, 0.3) is 0 Å². The highest BCUT2D eigenvalue weighted by Crippen LogP contribution is 2.27. The third-order valence-electron chi connectivity index (χ3n) is 2.53. The molecule has 1 aromatic rings. The first-order chi connectivity index (χ1) is 9.24. The fourth-order valence-corrected chi connectivity index (χ4v) is 4.47. The lowest BCUT2D eigenvalue weighted by molar-refractivity contribution is -0.121. The standard InChI is InChI=1S/C11H16N2O5S2/c1-6-5-19-8(11(15)18-4)9(6)20(16,17)13-7(2)10(14)12-3/h5,7,13H,1-4H3,(H,12,14). The Morgan fingerprint density at radius 3 is 2.50 bits per heavy atom.